The number of nitrogens with one attached hydrogen (secondary N) is 1. The molecular formula is C13H15FN4O2. The van der Waals surface area contributed by atoms with E-state index in [0.717, 1.165) is 11.9 Å². The van der Waals surface area contributed by atoms with Crippen molar-refractivity contribution < 1.29 is 9.31 Å². The molecule has 0 spiro atoms. The smallest absolute Gasteiger partial charge is 0.295 e. The summed E-state index contributed by atoms with van der Waals surface area (Å²) in [6.45, 7) is 2.06. The Labute approximate surface area is 115 Å². The number of nitro benzene ring substituents is 1. The van der Waals surface area contributed by atoms with Crippen molar-refractivity contribution in [3.63, 3.8) is 0 Å². The van der Waals surface area contributed by atoms with Crippen LogP contribution in [0.4, 0.5) is 15.8 Å². The molecule has 0 aliphatic carbocycles. The number of aryl methyl sites for hydroxylation is 2. The molecule has 0 amide bonds. The molecule has 0 saturated heterocycles. The molecule has 0 saturated carbocycles. The molecule has 106 valence electrons. The van der Waals surface area contributed by atoms with Crippen LogP contribution in [0.1, 0.15) is 11.4 Å². The monoisotopic (exact) mass is 278 g/mol. The lowest BCUT2D eigenvalue weighted by atomic mass is 10.1. The summed E-state index contributed by atoms with van der Waals surface area (Å²) in [5.74, 6) is 0.297. The Kier molecular flexibility index (Phi) is 3.97. The Bertz CT molecular complexity index is 639. The lowest BCUT2D eigenvalue weighted by Gasteiger charge is -2.08. The zero-order valence-corrected chi connectivity index (χ0v) is 11.3. The molecule has 1 aromatic heterocycles. The van der Waals surface area contributed by atoms with E-state index in [1.165, 1.54) is 6.07 Å². The van der Waals surface area contributed by atoms with Gasteiger partial charge in [-0.25, -0.2) is 9.37 Å². The van der Waals surface area contributed by atoms with Crippen LogP contribution < -0.4 is 5.32 Å². The molecule has 0 aliphatic rings. The molecule has 0 unspecified atom stereocenters. The number of benzene rings is 1. The zero-order valence-electron chi connectivity index (χ0n) is 11.3. The fourth-order valence-corrected chi connectivity index (χ4v) is 1.91. The number of imidazole rings is 1. The Hall–Kier alpha value is -2.44. The standard InChI is InChI=1S/C13H15FN4O2/c1-9-7-11(12(18(19)20)8-10(9)14)15-4-3-13-16-5-6-17(13)2/h5-8,15H,3-4H2,1-2H3. The Morgan fingerprint density at radius 2 is 2.25 bits per heavy atom. The number of anilines is 1. The molecule has 0 aliphatic heterocycles. The van der Waals surface area contributed by atoms with E-state index in [4.69, 9.17) is 0 Å². The number of hydrogen-bond acceptors (Lipinski definition) is 4. The van der Waals surface area contributed by atoms with Gasteiger partial charge in [-0.05, 0) is 18.6 Å². The minimum atomic E-state index is -0.592. The van der Waals surface area contributed by atoms with Crippen LogP contribution in [-0.4, -0.2) is 21.0 Å². The normalized spacial score (nSPS) is 10.6. The second-order valence-electron chi connectivity index (χ2n) is 4.51. The van der Waals surface area contributed by atoms with Crippen LogP contribution in [0.2, 0.25) is 0 Å². The van der Waals surface area contributed by atoms with Crippen LogP contribution in [0, 0.1) is 22.9 Å². The number of nitrogens with zero attached hydrogens (tertiary/aromatic N) is 3. The largest absolute Gasteiger partial charge is 0.379 e. The third-order valence-corrected chi connectivity index (χ3v) is 3.06. The lowest BCUT2D eigenvalue weighted by Crippen LogP contribution is -2.10. The molecule has 0 radical (unpaired) electrons. The average molecular weight is 278 g/mol. The summed E-state index contributed by atoms with van der Waals surface area (Å²) in [5, 5.41) is 13.9. The van der Waals surface area contributed by atoms with Gasteiger partial charge in [-0.1, -0.05) is 0 Å². The Morgan fingerprint density at radius 1 is 1.50 bits per heavy atom. The van der Waals surface area contributed by atoms with Gasteiger partial charge in [0.2, 0.25) is 0 Å². The maximum atomic E-state index is 13.4. The number of rotatable bonds is 5. The molecular weight excluding hydrogens is 263 g/mol. The molecule has 1 heterocycles. The summed E-state index contributed by atoms with van der Waals surface area (Å²) in [6, 6.07) is 2.39. The van der Waals surface area contributed by atoms with E-state index in [2.05, 4.69) is 10.3 Å². The van der Waals surface area contributed by atoms with E-state index in [1.807, 2.05) is 17.8 Å². The Morgan fingerprint density at radius 3 is 2.85 bits per heavy atom. The van der Waals surface area contributed by atoms with Gasteiger partial charge in [0.05, 0.1) is 11.0 Å². The van der Waals surface area contributed by atoms with Crippen molar-refractivity contribution in [3.8, 4) is 0 Å². The fourth-order valence-electron chi connectivity index (χ4n) is 1.91. The third kappa shape index (κ3) is 2.93. The van der Waals surface area contributed by atoms with Gasteiger partial charge in [-0.2, -0.15) is 0 Å². The molecule has 2 rings (SSSR count). The molecule has 0 fully saturated rings. The SMILES string of the molecule is Cc1cc(NCCc2nccn2C)c([N+](=O)[O-])cc1F. The van der Waals surface area contributed by atoms with Gasteiger partial charge in [0.1, 0.15) is 17.3 Å². The van der Waals surface area contributed by atoms with E-state index in [0.29, 0.717) is 24.2 Å². The van der Waals surface area contributed by atoms with Crippen molar-refractivity contribution in [1.82, 2.24) is 9.55 Å². The molecule has 7 heteroatoms. The number of nitro groups is 1. The zero-order chi connectivity index (χ0) is 14.7. The van der Waals surface area contributed by atoms with Gasteiger partial charge < -0.3 is 9.88 Å². The average Bonchev–Trinajstić information content (AvgIpc) is 2.79. The first-order valence-corrected chi connectivity index (χ1v) is 6.13. The first-order valence-electron chi connectivity index (χ1n) is 6.13. The first kappa shape index (κ1) is 14.0. The summed E-state index contributed by atoms with van der Waals surface area (Å²) in [4.78, 5) is 14.5. The predicted octanol–water partition coefficient (Wildman–Crippen LogP) is 2.43. The van der Waals surface area contributed by atoms with Gasteiger partial charge >= 0.3 is 0 Å². The van der Waals surface area contributed by atoms with Crippen molar-refractivity contribution in [3.05, 3.63) is 51.8 Å². The highest BCUT2D eigenvalue weighted by Crippen LogP contribution is 2.27. The van der Waals surface area contributed by atoms with E-state index >= 15 is 0 Å². The Balaban J connectivity index is 2.11. The van der Waals surface area contributed by atoms with Crippen molar-refractivity contribution >= 4 is 11.4 Å². The van der Waals surface area contributed by atoms with Crippen molar-refractivity contribution in [2.24, 2.45) is 7.05 Å². The van der Waals surface area contributed by atoms with E-state index in [1.54, 1.807) is 13.1 Å². The van der Waals surface area contributed by atoms with Crippen molar-refractivity contribution in [2.75, 3.05) is 11.9 Å². The summed E-state index contributed by atoms with van der Waals surface area (Å²) < 4.78 is 15.3. The van der Waals surface area contributed by atoms with Crippen molar-refractivity contribution in [2.45, 2.75) is 13.3 Å². The van der Waals surface area contributed by atoms with Gasteiger partial charge in [-0.3, -0.25) is 10.1 Å². The number of aromatic nitrogens is 2. The molecule has 6 nitrogen and oxygen atoms in total. The second kappa shape index (κ2) is 5.68. The molecule has 0 atom stereocenters. The van der Waals surface area contributed by atoms with Crippen molar-refractivity contribution in [1.29, 1.82) is 0 Å². The highest BCUT2D eigenvalue weighted by atomic mass is 19.1. The minimum absolute atomic E-state index is 0.257. The fraction of sp³-hybridized carbons (Fsp3) is 0.308. The highest BCUT2D eigenvalue weighted by Gasteiger charge is 2.16. The summed E-state index contributed by atoms with van der Waals surface area (Å²) >= 11 is 0. The van der Waals surface area contributed by atoms with E-state index in [9.17, 15) is 14.5 Å². The van der Waals surface area contributed by atoms with Crippen LogP contribution in [0.25, 0.3) is 0 Å². The third-order valence-electron chi connectivity index (χ3n) is 3.06. The number of hydrogen-bond donors (Lipinski definition) is 1. The summed E-state index contributed by atoms with van der Waals surface area (Å²) in [7, 11) is 1.88. The second-order valence-corrected chi connectivity index (χ2v) is 4.51. The molecule has 1 N–H and O–H groups in total. The van der Waals surface area contributed by atoms with Crippen LogP contribution in [0.5, 0.6) is 0 Å². The van der Waals surface area contributed by atoms with Gasteiger partial charge in [0.25, 0.3) is 5.69 Å². The first-order chi connectivity index (χ1) is 9.49. The quantitative estimate of drug-likeness (QED) is 0.673. The topological polar surface area (TPSA) is 73.0 Å². The summed E-state index contributed by atoms with van der Waals surface area (Å²) in [5.41, 5.74) is 0.436. The minimum Gasteiger partial charge on any atom is -0.379 e. The van der Waals surface area contributed by atoms with Crippen LogP contribution in [0.15, 0.2) is 24.5 Å². The molecule has 2 aromatic rings. The van der Waals surface area contributed by atoms with Gasteiger partial charge in [0.15, 0.2) is 0 Å². The maximum absolute atomic E-state index is 13.4. The predicted molar refractivity (Wildman–Crippen MR) is 73.2 cm³/mol. The van der Waals surface area contributed by atoms with Crippen LogP contribution in [0.3, 0.4) is 0 Å². The van der Waals surface area contributed by atoms with E-state index < -0.39 is 10.7 Å². The highest BCUT2D eigenvalue weighted by molar-refractivity contribution is 5.63. The van der Waals surface area contributed by atoms with Crippen LogP contribution >= 0.6 is 0 Å². The van der Waals surface area contributed by atoms with Gasteiger partial charge in [-0.15, -0.1) is 0 Å². The lowest BCUT2D eigenvalue weighted by molar-refractivity contribution is -0.384. The molecule has 0 bridgehead atoms. The molecule has 1 aromatic carbocycles. The van der Waals surface area contributed by atoms with E-state index in [-0.39, 0.29) is 5.69 Å². The van der Waals surface area contributed by atoms with Crippen LogP contribution in [-0.2, 0) is 13.5 Å². The van der Waals surface area contributed by atoms with Gasteiger partial charge in [0, 0.05) is 32.4 Å². The molecule has 20 heavy (non-hydrogen) atoms. The summed E-state index contributed by atoms with van der Waals surface area (Å²) in [6.07, 6.45) is 4.15. The maximum Gasteiger partial charge on any atom is 0.295 e. The number of halogens is 1.